The average Bonchev–Trinajstić information content (AvgIpc) is 2.17. The number of aliphatic hydroxyl groups is 1. The minimum absolute atomic E-state index is 0.198. The second-order valence-electron chi connectivity index (χ2n) is 2.81. The fourth-order valence-electron chi connectivity index (χ4n) is 1.05. The Morgan fingerprint density at radius 3 is 2.86 bits per heavy atom. The van der Waals surface area contributed by atoms with Crippen molar-refractivity contribution in [3.05, 3.63) is 34.9 Å². The van der Waals surface area contributed by atoms with Crippen molar-refractivity contribution in [1.29, 1.82) is 0 Å². The van der Waals surface area contributed by atoms with Crippen molar-refractivity contribution in [2.45, 2.75) is 12.5 Å². The molecule has 14 heavy (non-hydrogen) atoms. The molecule has 1 atom stereocenters. The van der Waals surface area contributed by atoms with Gasteiger partial charge >= 0.3 is 0 Å². The van der Waals surface area contributed by atoms with Crippen LogP contribution in [-0.2, 0) is 4.79 Å². The van der Waals surface area contributed by atoms with E-state index in [1.165, 1.54) is 5.48 Å². The SMILES string of the molecule is O=C(CC(O)c1cccc(Cl)c1)NO. The molecule has 0 bridgehead atoms. The zero-order valence-electron chi connectivity index (χ0n) is 7.27. The van der Waals surface area contributed by atoms with Gasteiger partial charge in [0.15, 0.2) is 0 Å². The Kier molecular flexibility index (Phi) is 3.88. The smallest absolute Gasteiger partial charge is 0.246 e. The second kappa shape index (κ2) is 4.95. The maximum Gasteiger partial charge on any atom is 0.246 e. The molecule has 0 aromatic heterocycles. The van der Waals surface area contributed by atoms with Gasteiger partial charge in [0.05, 0.1) is 12.5 Å². The first-order valence-corrected chi connectivity index (χ1v) is 4.37. The van der Waals surface area contributed by atoms with Crippen LogP contribution < -0.4 is 5.48 Å². The number of rotatable bonds is 3. The largest absolute Gasteiger partial charge is 0.388 e. The number of carbonyl (C=O) groups excluding carboxylic acids is 1. The van der Waals surface area contributed by atoms with Gasteiger partial charge in [0.1, 0.15) is 0 Å². The molecule has 76 valence electrons. The van der Waals surface area contributed by atoms with Crippen LogP contribution in [0.15, 0.2) is 24.3 Å². The molecule has 1 aromatic rings. The molecule has 0 fully saturated rings. The molecule has 1 unspecified atom stereocenters. The summed E-state index contributed by atoms with van der Waals surface area (Å²) in [6, 6.07) is 6.57. The molecule has 0 saturated heterocycles. The first kappa shape index (κ1) is 11.0. The van der Waals surface area contributed by atoms with E-state index in [9.17, 15) is 9.90 Å². The van der Waals surface area contributed by atoms with E-state index in [-0.39, 0.29) is 6.42 Å². The van der Waals surface area contributed by atoms with Gasteiger partial charge in [0.25, 0.3) is 0 Å². The van der Waals surface area contributed by atoms with Gasteiger partial charge in [-0.15, -0.1) is 0 Å². The van der Waals surface area contributed by atoms with Crippen LogP contribution in [0.1, 0.15) is 18.1 Å². The molecule has 0 heterocycles. The summed E-state index contributed by atoms with van der Waals surface area (Å²) in [7, 11) is 0. The van der Waals surface area contributed by atoms with E-state index in [1.807, 2.05) is 0 Å². The monoisotopic (exact) mass is 215 g/mol. The minimum atomic E-state index is -0.958. The lowest BCUT2D eigenvalue weighted by Crippen LogP contribution is -2.21. The number of halogens is 1. The van der Waals surface area contributed by atoms with E-state index < -0.39 is 12.0 Å². The Labute approximate surface area is 86.1 Å². The topological polar surface area (TPSA) is 69.6 Å². The predicted octanol–water partition coefficient (Wildman–Crippen LogP) is 1.27. The van der Waals surface area contributed by atoms with E-state index in [2.05, 4.69) is 0 Å². The van der Waals surface area contributed by atoms with Crippen molar-refractivity contribution < 1.29 is 15.1 Å². The zero-order chi connectivity index (χ0) is 10.6. The molecule has 0 aliphatic carbocycles. The molecule has 0 aliphatic rings. The van der Waals surface area contributed by atoms with Crippen LogP contribution >= 0.6 is 11.6 Å². The third-order valence-corrected chi connectivity index (χ3v) is 1.97. The van der Waals surface area contributed by atoms with Gasteiger partial charge in [-0.2, -0.15) is 0 Å². The highest BCUT2D eigenvalue weighted by atomic mass is 35.5. The van der Waals surface area contributed by atoms with Crippen LogP contribution in [0.25, 0.3) is 0 Å². The summed E-state index contributed by atoms with van der Waals surface area (Å²) in [6.07, 6.45) is -1.16. The maximum atomic E-state index is 10.7. The van der Waals surface area contributed by atoms with Crippen molar-refractivity contribution in [2.75, 3.05) is 0 Å². The number of benzene rings is 1. The van der Waals surface area contributed by atoms with Crippen molar-refractivity contribution in [3.63, 3.8) is 0 Å². The summed E-state index contributed by atoms with van der Waals surface area (Å²) in [5, 5.41) is 18.3. The number of nitrogens with one attached hydrogen (secondary N) is 1. The van der Waals surface area contributed by atoms with E-state index >= 15 is 0 Å². The molecule has 1 aromatic carbocycles. The fourth-order valence-corrected chi connectivity index (χ4v) is 1.25. The quantitative estimate of drug-likeness (QED) is 0.525. The van der Waals surface area contributed by atoms with Gasteiger partial charge in [-0.1, -0.05) is 23.7 Å². The highest BCUT2D eigenvalue weighted by Crippen LogP contribution is 2.19. The summed E-state index contributed by atoms with van der Waals surface area (Å²) in [5.41, 5.74) is 1.99. The summed E-state index contributed by atoms with van der Waals surface area (Å²) in [5.74, 6) is -0.641. The molecular formula is C9H10ClNO3. The van der Waals surface area contributed by atoms with Crippen LogP contribution in [0.5, 0.6) is 0 Å². The molecular weight excluding hydrogens is 206 g/mol. The lowest BCUT2D eigenvalue weighted by atomic mass is 10.1. The van der Waals surface area contributed by atoms with Gasteiger partial charge < -0.3 is 5.11 Å². The van der Waals surface area contributed by atoms with E-state index in [4.69, 9.17) is 16.8 Å². The normalized spacial score (nSPS) is 12.2. The highest BCUT2D eigenvalue weighted by Gasteiger charge is 2.12. The van der Waals surface area contributed by atoms with Crippen molar-refractivity contribution >= 4 is 17.5 Å². The van der Waals surface area contributed by atoms with E-state index in [0.717, 1.165) is 0 Å². The Bertz CT molecular complexity index is 330. The van der Waals surface area contributed by atoms with Crippen LogP contribution in [0, 0.1) is 0 Å². The molecule has 1 amide bonds. The van der Waals surface area contributed by atoms with Crippen LogP contribution in [0.4, 0.5) is 0 Å². The lowest BCUT2D eigenvalue weighted by Gasteiger charge is -2.09. The van der Waals surface area contributed by atoms with Crippen LogP contribution in [0.3, 0.4) is 0 Å². The average molecular weight is 216 g/mol. The summed E-state index contributed by atoms with van der Waals surface area (Å²) in [6.45, 7) is 0. The Morgan fingerprint density at radius 2 is 2.29 bits per heavy atom. The molecule has 4 nitrogen and oxygen atoms in total. The summed E-state index contributed by atoms with van der Waals surface area (Å²) >= 11 is 5.70. The third kappa shape index (κ3) is 2.99. The Hall–Kier alpha value is -1.10. The maximum absolute atomic E-state index is 10.7. The van der Waals surface area contributed by atoms with Crippen molar-refractivity contribution in [3.8, 4) is 0 Å². The number of hydrogen-bond acceptors (Lipinski definition) is 3. The van der Waals surface area contributed by atoms with Crippen molar-refractivity contribution in [2.24, 2.45) is 0 Å². The first-order valence-electron chi connectivity index (χ1n) is 4.00. The standard InChI is InChI=1S/C9H10ClNO3/c10-7-3-1-2-6(4-7)8(12)5-9(13)11-14/h1-4,8,12,14H,5H2,(H,11,13). The molecule has 0 spiro atoms. The van der Waals surface area contributed by atoms with Crippen LogP contribution in [0.2, 0.25) is 5.02 Å². The third-order valence-electron chi connectivity index (χ3n) is 1.74. The van der Waals surface area contributed by atoms with Gasteiger partial charge in [-0.05, 0) is 17.7 Å². The molecule has 3 N–H and O–H groups in total. The number of hydroxylamine groups is 1. The lowest BCUT2D eigenvalue weighted by molar-refractivity contribution is -0.131. The van der Waals surface area contributed by atoms with Crippen molar-refractivity contribution in [1.82, 2.24) is 5.48 Å². The molecule has 0 saturated carbocycles. The Morgan fingerprint density at radius 1 is 1.57 bits per heavy atom. The van der Waals surface area contributed by atoms with Gasteiger partial charge in [-0.25, -0.2) is 5.48 Å². The van der Waals surface area contributed by atoms with Crippen LogP contribution in [-0.4, -0.2) is 16.2 Å². The molecule has 0 aliphatic heterocycles. The number of aliphatic hydroxyl groups excluding tert-OH is 1. The number of amides is 1. The summed E-state index contributed by atoms with van der Waals surface area (Å²) < 4.78 is 0. The summed E-state index contributed by atoms with van der Waals surface area (Å²) in [4.78, 5) is 10.7. The second-order valence-corrected chi connectivity index (χ2v) is 3.25. The fraction of sp³-hybridized carbons (Fsp3) is 0.222. The molecule has 5 heteroatoms. The van der Waals surface area contributed by atoms with E-state index in [1.54, 1.807) is 24.3 Å². The van der Waals surface area contributed by atoms with E-state index in [0.29, 0.717) is 10.6 Å². The van der Waals surface area contributed by atoms with Gasteiger partial charge in [0.2, 0.25) is 5.91 Å². The minimum Gasteiger partial charge on any atom is -0.388 e. The number of hydrogen-bond donors (Lipinski definition) is 3. The predicted molar refractivity (Wildman–Crippen MR) is 51.0 cm³/mol. The molecule has 0 radical (unpaired) electrons. The van der Waals surface area contributed by atoms with Gasteiger partial charge in [-0.3, -0.25) is 10.0 Å². The first-order chi connectivity index (χ1) is 6.63. The molecule has 1 rings (SSSR count). The number of carbonyl (C=O) groups is 1. The van der Waals surface area contributed by atoms with Gasteiger partial charge in [0, 0.05) is 5.02 Å². The highest BCUT2D eigenvalue weighted by molar-refractivity contribution is 6.30. The zero-order valence-corrected chi connectivity index (χ0v) is 8.03. The Balaban J connectivity index is 2.69.